The number of esters is 1. The summed E-state index contributed by atoms with van der Waals surface area (Å²) >= 11 is 0. The predicted molar refractivity (Wildman–Crippen MR) is 84.1 cm³/mol. The zero-order valence-electron chi connectivity index (χ0n) is 15.0. The van der Waals surface area contributed by atoms with E-state index < -0.39 is 48.0 Å². The molecule has 4 nitrogen and oxygen atoms in total. The maximum atomic E-state index is 13.8. The first-order valence-electron chi connectivity index (χ1n) is 7.89. The first-order chi connectivity index (χ1) is 12.5. The van der Waals surface area contributed by atoms with Crippen molar-refractivity contribution in [1.82, 2.24) is 5.32 Å². The van der Waals surface area contributed by atoms with Gasteiger partial charge < -0.3 is 10.1 Å². The van der Waals surface area contributed by atoms with Crippen LogP contribution in [0.3, 0.4) is 0 Å². The van der Waals surface area contributed by atoms with Gasteiger partial charge in [-0.15, -0.1) is 0 Å². The van der Waals surface area contributed by atoms with Gasteiger partial charge in [-0.25, -0.2) is 4.79 Å². The summed E-state index contributed by atoms with van der Waals surface area (Å²) in [5.74, 6) is -14.8. The van der Waals surface area contributed by atoms with Crippen LogP contribution in [0.2, 0.25) is 0 Å². The monoisotopic (exact) mass is 417 g/mol. The molecule has 11 heteroatoms. The van der Waals surface area contributed by atoms with E-state index in [0.29, 0.717) is 0 Å². The number of nitrogens with one attached hydrogen (secondary N) is 1. The molecule has 0 aromatic heterocycles. The zero-order chi connectivity index (χ0) is 22.0. The van der Waals surface area contributed by atoms with Crippen molar-refractivity contribution in [3.8, 4) is 0 Å². The van der Waals surface area contributed by atoms with Gasteiger partial charge in [-0.1, -0.05) is 18.2 Å². The molecule has 0 heterocycles. The summed E-state index contributed by atoms with van der Waals surface area (Å²) in [6.07, 6.45) is -8.87. The van der Waals surface area contributed by atoms with Crippen LogP contribution in [0.15, 0.2) is 30.3 Å². The fraction of sp³-hybridized carbons (Fsp3) is 0.529. The molecule has 1 aromatic carbocycles. The summed E-state index contributed by atoms with van der Waals surface area (Å²) in [5.41, 5.74) is -1.39. The lowest BCUT2D eigenvalue weighted by Gasteiger charge is -2.31. The maximum Gasteiger partial charge on any atom is 0.459 e. The molecule has 0 saturated heterocycles. The first kappa shape index (κ1) is 23.7. The minimum absolute atomic E-state index is 0.123. The molecule has 0 radical (unpaired) electrons. The smallest absolute Gasteiger partial charge is 0.458 e. The molecule has 1 unspecified atom stereocenters. The Morgan fingerprint density at radius 3 is 1.89 bits per heavy atom. The Hall–Kier alpha value is -2.33. The molecule has 28 heavy (non-hydrogen) atoms. The molecule has 1 atom stereocenters. The molecule has 1 amide bonds. The van der Waals surface area contributed by atoms with Gasteiger partial charge in [-0.2, -0.15) is 30.7 Å². The van der Waals surface area contributed by atoms with Gasteiger partial charge in [0.1, 0.15) is 11.6 Å². The molecule has 0 bridgehead atoms. The van der Waals surface area contributed by atoms with E-state index >= 15 is 0 Å². The van der Waals surface area contributed by atoms with E-state index in [-0.39, 0.29) is 5.56 Å². The van der Waals surface area contributed by atoms with Gasteiger partial charge in [0.15, 0.2) is 0 Å². The SMILES string of the molecule is CC(C)(C)OC(=O)C(CC(F)(F)C(F)(F)C(F)(F)F)NC(=O)c1ccccc1. The molecular weight excluding hydrogens is 399 g/mol. The van der Waals surface area contributed by atoms with Crippen LogP contribution in [0.1, 0.15) is 37.6 Å². The van der Waals surface area contributed by atoms with Crippen molar-refractivity contribution < 1.29 is 45.1 Å². The summed E-state index contributed by atoms with van der Waals surface area (Å²) in [4.78, 5) is 24.2. The second kappa shape index (κ2) is 7.96. The van der Waals surface area contributed by atoms with Gasteiger partial charge in [-0.3, -0.25) is 4.79 Å². The Labute approximate surface area is 156 Å². The maximum absolute atomic E-state index is 13.8. The number of amides is 1. The number of hydrogen-bond acceptors (Lipinski definition) is 3. The number of carbonyl (C=O) groups excluding carboxylic acids is 2. The first-order valence-corrected chi connectivity index (χ1v) is 7.89. The standard InChI is InChI=1S/C17H18F7NO3/c1-14(2,3)28-13(27)11(25-12(26)10-7-5-4-6-8-10)9-15(18,19)16(20,21)17(22,23)24/h4-8,11H,9H2,1-3H3,(H,25,26). The second-order valence-electron chi connectivity index (χ2n) is 6.91. The molecule has 158 valence electrons. The van der Waals surface area contributed by atoms with Crippen molar-refractivity contribution in [2.45, 2.75) is 56.9 Å². The molecule has 0 aliphatic heterocycles. The average Bonchev–Trinajstić information content (AvgIpc) is 2.52. The van der Waals surface area contributed by atoms with Crippen molar-refractivity contribution in [2.24, 2.45) is 0 Å². The van der Waals surface area contributed by atoms with Crippen LogP contribution < -0.4 is 5.32 Å². The summed E-state index contributed by atoms with van der Waals surface area (Å²) in [7, 11) is 0. The quantitative estimate of drug-likeness (QED) is 0.553. The third-order valence-corrected chi connectivity index (χ3v) is 3.31. The average molecular weight is 417 g/mol. The van der Waals surface area contributed by atoms with Gasteiger partial charge in [0.05, 0.1) is 0 Å². The van der Waals surface area contributed by atoms with Gasteiger partial charge in [-0.05, 0) is 32.9 Å². The summed E-state index contributed by atoms with van der Waals surface area (Å²) in [6.45, 7) is 3.97. The molecular formula is C17H18F7NO3. The largest absolute Gasteiger partial charge is 0.459 e. The van der Waals surface area contributed by atoms with Crippen LogP contribution in [0.25, 0.3) is 0 Å². The molecule has 1 aromatic rings. The van der Waals surface area contributed by atoms with Gasteiger partial charge in [0, 0.05) is 12.0 Å². The molecule has 1 rings (SSSR count). The van der Waals surface area contributed by atoms with E-state index in [1.54, 1.807) is 5.32 Å². The van der Waals surface area contributed by atoms with Gasteiger partial charge in [0.25, 0.3) is 5.91 Å². The molecule has 0 spiro atoms. The number of ether oxygens (including phenoxy) is 1. The normalized spacial score (nSPS) is 14.4. The summed E-state index contributed by atoms with van der Waals surface area (Å²) in [6, 6.07) is 4.30. The zero-order valence-corrected chi connectivity index (χ0v) is 15.0. The highest BCUT2D eigenvalue weighted by molar-refractivity contribution is 5.96. The summed E-state index contributed by atoms with van der Waals surface area (Å²) in [5, 5.41) is 1.74. The Morgan fingerprint density at radius 1 is 0.964 bits per heavy atom. The third-order valence-electron chi connectivity index (χ3n) is 3.31. The van der Waals surface area contributed by atoms with Crippen LogP contribution in [0.5, 0.6) is 0 Å². The highest BCUT2D eigenvalue weighted by Gasteiger charge is 2.73. The second-order valence-corrected chi connectivity index (χ2v) is 6.91. The van der Waals surface area contributed by atoms with Crippen molar-refractivity contribution in [3.05, 3.63) is 35.9 Å². The van der Waals surface area contributed by atoms with E-state index in [4.69, 9.17) is 4.74 Å². The highest BCUT2D eigenvalue weighted by Crippen LogP contribution is 2.48. The van der Waals surface area contributed by atoms with E-state index in [1.807, 2.05) is 0 Å². The van der Waals surface area contributed by atoms with E-state index in [9.17, 15) is 40.3 Å². The van der Waals surface area contributed by atoms with Crippen LogP contribution in [-0.4, -0.2) is 41.5 Å². The topological polar surface area (TPSA) is 55.4 Å². The fourth-order valence-electron chi connectivity index (χ4n) is 1.99. The van der Waals surface area contributed by atoms with E-state index in [0.717, 1.165) is 0 Å². The summed E-state index contributed by atoms with van der Waals surface area (Å²) < 4.78 is 95.7. The lowest BCUT2D eigenvalue weighted by molar-refractivity contribution is -0.356. The number of hydrogen-bond donors (Lipinski definition) is 1. The minimum Gasteiger partial charge on any atom is -0.458 e. The fourth-order valence-corrected chi connectivity index (χ4v) is 1.99. The van der Waals surface area contributed by atoms with Crippen LogP contribution >= 0.6 is 0 Å². The highest BCUT2D eigenvalue weighted by atomic mass is 19.4. The van der Waals surface area contributed by atoms with Crippen molar-refractivity contribution >= 4 is 11.9 Å². The molecule has 0 saturated carbocycles. The molecule has 0 aliphatic rings. The Bertz CT molecular complexity index is 697. The van der Waals surface area contributed by atoms with E-state index in [2.05, 4.69) is 0 Å². The van der Waals surface area contributed by atoms with Crippen molar-refractivity contribution in [2.75, 3.05) is 0 Å². The molecule has 0 aliphatic carbocycles. The predicted octanol–water partition coefficient (Wildman–Crippen LogP) is 4.35. The molecule has 0 fully saturated rings. The lowest BCUT2D eigenvalue weighted by atomic mass is 10.0. The number of benzene rings is 1. The number of rotatable bonds is 6. The van der Waals surface area contributed by atoms with Crippen LogP contribution in [0, 0.1) is 0 Å². The minimum atomic E-state index is -6.56. The lowest BCUT2D eigenvalue weighted by Crippen LogP contribution is -2.56. The van der Waals surface area contributed by atoms with Crippen LogP contribution in [0.4, 0.5) is 30.7 Å². The molecule has 1 N–H and O–H groups in total. The van der Waals surface area contributed by atoms with E-state index in [1.165, 1.54) is 51.1 Å². The number of alkyl halides is 7. The van der Waals surface area contributed by atoms with Crippen LogP contribution in [-0.2, 0) is 9.53 Å². The Balaban J connectivity index is 3.17. The number of carbonyl (C=O) groups is 2. The van der Waals surface area contributed by atoms with Gasteiger partial charge in [0.2, 0.25) is 0 Å². The number of halogens is 7. The Kier molecular flexibility index (Phi) is 6.74. The van der Waals surface area contributed by atoms with Crippen molar-refractivity contribution in [3.63, 3.8) is 0 Å². The Morgan fingerprint density at radius 2 is 1.46 bits per heavy atom. The van der Waals surface area contributed by atoms with Crippen molar-refractivity contribution in [1.29, 1.82) is 0 Å². The third kappa shape index (κ3) is 5.83. The van der Waals surface area contributed by atoms with Gasteiger partial charge >= 0.3 is 24.0 Å².